The van der Waals surface area contributed by atoms with Crippen LogP contribution in [0.25, 0.3) is 6.08 Å². The van der Waals surface area contributed by atoms with E-state index in [-0.39, 0.29) is 11.8 Å². The van der Waals surface area contributed by atoms with E-state index in [1.54, 1.807) is 60.6 Å². The van der Waals surface area contributed by atoms with Crippen molar-refractivity contribution in [1.29, 1.82) is 5.26 Å². The molecule has 1 heterocycles. The van der Waals surface area contributed by atoms with Crippen LogP contribution in [-0.4, -0.2) is 48.1 Å². The van der Waals surface area contributed by atoms with Crippen LogP contribution in [0.4, 0.5) is 5.69 Å². The number of carbonyl (C=O) groups is 2. The number of nitriles is 1. The molecule has 2 aromatic rings. The Morgan fingerprint density at radius 3 is 2.75 bits per heavy atom. The van der Waals surface area contributed by atoms with Gasteiger partial charge in [-0.25, -0.2) is 0 Å². The van der Waals surface area contributed by atoms with Crippen molar-refractivity contribution in [2.45, 2.75) is 6.04 Å². The molecule has 0 saturated carbocycles. The van der Waals surface area contributed by atoms with Gasteiger partial charge >= 0.3 is 0 Å². The fourth-order valence-electron chi connectivity index (χ4n) is 3.05. The molecule has 8 heteroatoms. The number of anilines is 1. The van der Waals surface area contributed by atoms with Crippen LogP contribution >= 0.6 is 11.8 Å². The second kappa shape index (κ2) is 11.1. The molecule has 3 rings (SSSR count). The summed E-state index contributed by atoms with van der Waals surface area (Å²) in [6.07, 6.45) is 4.78. The fraction of sp³-hybridized carbons (Fsp3) is 0.208. The lowest BCUT2D eigenvalue weighted by molar-refractivity contribution is -0.132. The SMILES string of the molecule is C=CCOc1ccc(/C=C/C(=O)N2CSCC2C(=O)Nc2ccc(C#N)cc2)cc1OC. The molecule has 164 valence electrons. The molecule has 0 radical (unpaired) electrons. The molecule has 1 fully saturated rings. The standard InChI is InChI=1S/C24H23N3O4S/c1-3-12-31-21-10-6-17(13-22(21)30-2)7-11-23(28)27-16-32-15-20(27)24(29)26-19-8-4-18(14-25)5-9-19/h3-11,13,20H,1,12,15-16H2,2H3,(H,26,29)/b11-7+. The van der Waals surface area contributed by atoms with Gasteiger partial charge in [0.15, 0.2) is 11.5 Å². The van der Waals surface area contributed by atoms with E-state index in [1.807, 2.05) is 12.1 Å². The zero-order valence-electron chi connectivity index (χ0n) is 17.6. The Hall–Kier alpha value is -3.70. The van der Waals surface area contributed by atoms with Gasteiger partial charge in [0.1, 0.15) is 12.6 Å². The van der Waals surface area contributed by atoms with Crippen LogP contribution < -0.4 is 14.8 Å². The second-order valence-corrected chi connectivity index (χ2v) is 7.85. The number of hydrogen-bond acceptors (Lipinski definition) is 6. The fourth-order valence-corrected chi connectivity index (χ4v) is 4.21. The zero-order chi connectivity index (χ0) is 22.9. The summed E-state index contributed by atoms with van der Waals surface area (Å²) < 4.78 is 10.9. The molecule has 1 aliphatic heterocycles. The number of carbonyl (C=O) groups excluding carboxylic acids is 2. The molecule has 0 aliphatic carbocycles. The third kappa shape index (κ3) is 5.71. The largest absolute Gasteiger partial charge is 0.493 e. The maximum Gasteiger partial charge on any atom is 0.248 e. The lowest BCUT2D eigenvalue weighted by atomic mass is 10.1. The summed E-state index contributed by atoms with van der Waals surface area (Å²) in [5, 5.41) is 11.7. The van der Waals surface area contributed by atoms with E-state index in [1.165, 1.54) is 17.8 Å². The molecular formula is C24H23N3O4S. The molecule has 1 unspecified atom stereocenters. The third-order valence-electron chi connectivity index (χ3n) is 4.71. The second-order valence-electron chi connectivity index (χ2n) is 6.85. The monoisotopic (exact) mass is 449 g/mol. The Labute approximate surface area is 191 Å². The maximum atomic E-state index is 12.8. The number of rotatable bonds is 8. The minimum atomic E-state index is -0.572. The first kappa shape index (κ1) is 23.0. The first-order valence-corrected chi connectivity index (χ1v) is 11.0. The van der Waals surface area contributed by atoms with Crippen molar-refractivity contribution in [3.63, 3.8) is 0 Å². The molecule has 1 saturated heterocycles. The molecule has 1 aliphatic rings. The number of methoxy groups -OCH3 is 1. The Kier molecular flexibility index (Phi) is 7.95. The van der Waals surface area contributed by atoms with Gasteiger partial charge in [0.2, 0.25) is 11.8 Å². The van der Waals surface area contributed by atoms with Crippen molar-refractivity contribution in [3.05, 3.63) is 72.3 Å². The van der Waals surface area contributed by atoms with E-state index < -0.39 is 6.04 Å². The lowest BCUT2D eigenvalue weighted by Gasteiger charge is -2.21. The summed E-state index contributed by atoms with van der Waals surface area (Å²) in [5.41, 5.74) is 1.87. The van der Waals surface area contributed by atoms with Crippen molar-refractivity contribution in [2.75, 3.05) is 30.7 Å². The van der Waals surface area contributed by atoms with Crippen LogP contribution in [0.2, 0.25) is 0 Å². The highest BCUT2D eigenvalue weighted by atomic mass is 32.2. The van der Waals surface area contributed by atoms with Crippen molar-refractivity contribution >= 4 is 35.3 Å². The van der Waals surface area contributed by atoms with Crippen molar-refractivity contribution in [1.82, 2.24) is 4.90 Å². The van der Waals surface area contributed by atoms with Crippen LogP contribution in [0.15, 0.2) is 61.2 Å². The van der Waals surface area contributed by atoms with Crippen LogP contribution in [0, 0.1) is 11.3 Å². The number of nitrogens with one attached hydrogen (secondary N) is 1. The average Bonchev–Trinajstić information content (AvgIpc) is 3.32. The number of ether oxygens (including phenoxy) is 2. The summed E-state index contributed by atoms with van der Waals surface area (Å²) in [6.45, 7) is 3.99. The quantitative estimate of drug-likeness (QED) is 0.488. The van der Waals surface area contributed by atoms with Crippen LogP contribution in [0.3, 0.4) is 0 Å². The molecule has 1 atom stereocenters. The topological polar surface area (TPSA) is 91.7 Å². The number of thioether (sulfide) groups is 1. The average molecular weight is 450 g/mol. The smallest absolute Gasteiger partial charge is 0.248 e. The highest BCUT2D eigenvalue weighted by molar-refractivity contribution is 7.99. The Bertz CT molecular complexity index is 1060. The Balaban J connectivity index is 1.65. The van der Waals surface area contributed by atoms with E-state index in [0.29, 0.717) is 41.0 Å². The van der Waals surface area contributed by atoms with Gasteiger partial charge in [-0.15, -0.1) is 11.8 Å². The van der Waals surface area contributed by atoms with E-state index in [9.17, 15) is 9.59 Å². The van der Waals surface area contributed by atoms with E-state index in [2.05, 4.69) is 11.9 Å². The van der Waals surface area contributed by atoms with E-state index in [4.69, 9.17) is 14.7 Å². The third-order valence-corrected chi connectivity index (χ3v) is 5.72. The summed E-state index contributed by atoms with van der Waals surface area (Å²) in [7, 11) is 1.55. The normalized spacial score (nSPS) is 15.2. The molecular weight excluding hydrogens is 426 g/mol. The maximum absolute atomic E-state index is 12.8. The molecule has 2 aromatic carbocycles. The van der Waals surface area contributed by atoms with Gasteiger partial charge in [-0.3, -0.25) is 9.59 Å². The first-order chi connectivity index (χ1) is 15.5. The molecule has 2 amide bonds. The summed E-state index contributed by atoms with van der Waals surface area (Å²) in [5.74, 6) is 1.59. The molecule has 0 bridgehead atoms. The molecule has 0 spiro atoms. The van der Waals surface area contributed by atoms with Gasteiger partial charge in [0.05, 0.1) is 24.6 Å². The van der Waals surface area contributed by atoms with Gasteiger partial charge in [0, 0.05) is 17.5 Å². The van der Waals surface area contributed by atoms with Crippen LogP contribution in [0.1, 0.15) is 11.1 Å². The number of nitrogens with zero attached hydrogens (tertiary/aromatic N) is 2. The predicted octanol–water partition coefficient (Wildman–Crippen LogP) is 3.69. The van der Waals surface area contributed by atoms with Crippen molar-refractivity contribution in [2.24, 2.45) is 0 Å². The minimum absolute atomic E-state index is 0.249. The molecule has 1 N–H and O–H groups in total. The number of amides is 2. The highest BCUT2D eigenvalue weighted by Crippen LogP contribution is 2.29. The van der Waals surface area contributed by atoms with Gasteiger partial charge < -0.3 is 19.7 Å². The Morgan fingerprint density at radius 1 is 1.28 bits per heavy atom. The first-order valence-electron chi connectivity index (χ1n) is 9.85. The van der Waals surface area contributed by atoms with Crippen LogP contribution in [0.5, 0.6) is 11.5 Å². The predicted molar refractivity (Wildman–Crippen MR) is 125 cm³/mol. The van der Waals surface area contributed by atoms with Gasteiger partial charge in [-0.05, 0) is 48.0 Å². The summed E-state index contributed by atoms with van der Waals surface area (Å²) in [4.78, 5) is 27.0. The summed E-state index contributed by atoms with van der Waals surface area (Å²) in [6, 6.07) is 13.4. The Morgan fingerprint density at radius 2 is 2.06 bits per heavy atom. The van der Waals surface area contributed by atoms with Crippen LogP contribution in [-0.2, 0) is 9.59 Å². The van der Waals surface area contributed by atoms with Crippen molar-refractivity contribution in [3.8, 4) is 17.6 Å². The molecule has 7 nitrogen and oxygen atoms in total. The lowest BCUT2D eigenvalue weighted by Crippen LogP contribution is -2.43. The van der Waals surface area contributed by atoms with E-state index in [0.717, 1.165) is 5.56 Å². The highest BCUT2D eigenvalue weighted by Gasteiger charge is 2.33. The van der Waals surface area contributed by atoms with Gasteiger partial charge in [-0.2, -0.15) is 5.26 Å². The molecule has 32 heavy (non-hydrogen) atoms. The summed E-state index contributed by atoms with van der Waals surface area (Å²) >= 11 is 1.52. The molecule has 0 aromatic heterocycles. The zero-order valence-corrected chi connectivity index (χ0v) is 18.4. The van der Waals surface area contributed by atoms with Gasteiger partial charge in [-0.1, -0.05) is 18.7 Å². The van der Waals surface area contributed by atoms with Crippen molar-refractivity contribution < 1.29 is 19.1 Å². The van der Waals surface area contributed by atoms with Gasteiger partial charge in [0.25, 0.3) is 0 Å². The van der Waals surface area contributed by atoms with E-state index >= 15 is 0 Å². The number of hydrogen-bond donors (Lipinski definition) is 1. The minimum Gasteiger partial charge on any atom is -0.493 e. The number of benzene rings is 2.